The third kappa shape index (κ3) is 3.37. The van der Waals surface area contributed by atoms with Crippen molar-refractivity contribution in [1.29, 1.82) is 0 Å². The molecule has 1 N–H and O–H groups in total. The van der Waals surface area contributed by atoms with Gasteiger partial charge in [-0.05, 0) is 67.8 Å². The Bertz CT molecular complexity index is 957. The smallest absolute Gasteiger partial charge is 0.261 e. The van der Waals surface area contributed by atoms with Crippen molar-refractivity contribution >= 4 is 38.9 Å². The average Bonchev–Trinajstić information content (AvgIpc) is 2.85. The minimum absolute atomic E-state index is 0.0249. The maximum Gasteiger partial charge on any atom is 0.261 e. The van der Waals surface area contributed by atoms with E-state index < -0.39 is 10.0 Å². The molecule has 25 heavy (non-hydrogen) atoms. The van der Waals surface area contributed by atoms with Crippen molar-refractivity contribution in [2.75, 3.05) is 9.62 Å². The second-order valence-electron chi connectivity index (χ2n) is 6.30. The van der Waals surface area contributed by atoms with Crippen LogP contribution in [0, 0.1) is 6.92 Å². The molecule has 3 rings (SSSR count). The molecule has 2 aromatic rings. The van der Waals surface area contributed by atoms with Gasteiger partial charge < -0.3 is 4.90 Å². The van der Waals surface area contributed by atoms with E-state index in [0.717, 1.165) is 16.8 Å². The molecule has 0 aliphatic carbocycles. The van der Waals surface area contributed by atoms with E-state index in [1.807, 2.05) is 6.92 Å². The van der Waals surface area contributed by atoms with Gasteiger partial charge in [0.25, 0.3) is 10.0 Å². The molecule has 0 radical (unpaired) electrons. The molecular formula is C18H19ClN2O3S. The lowest BCUT2D eigenvalue weighted by Gasteiger charge is -2.20. The van der Waals surface area contributed by atoms with Crippen LogP contribution in [0.2, 0.25) is 5.02 Å². The van der Waals surface area contributed by atoms with Crippen LogP contribution in [0.5, 0.6) is 0 Å². The molecule has 0 fully saturated rings. The van der Waals surface area contributed by atoms with Crippen LogP contribution in [-0.2, 0) is 21.2 Å². The van der Waals surface area contributed by atoms with Gasteiger partial charge in [0.2, 0.25) is 5.91 Å². The monoisotopic (exact) mass is 378 g/mol. The minimum atomic E-state index is -3.72. The van der Waals surface area contributed by atoms with Crippen LogP contribution in [0.4, 0.5) is 11.4 Å². The average molecular weight is 379 g/mol. The van der Waals surface area contributed by atoms with E-state index in [-0.39, 0.29) is 16.8 Å². The van der Waals surface area contributed by atoms with Crippen LogP contribution in [-0.4, -0.2) is 20.4 Å². The highest BCUT2D eigenvalue weighted by atomic mass is 35.5. The number of fused-ring (bicyclic) bond motifs is 1. The van der Waals surface area contributed by atoms with Gasteiger partial charge in [0, 0.05) is 23.7 Å². The van der Waals surface area contributed by atoms with Crippen LogP contribution in [0.25, 0.3) is 0 Å². The fourth-order valence-electron chi connectivity index (χ4n) is 3.20. The maximum absolute atomic E-state index is 12.7. The number of hydrogen-bond donors (Lipinski definition) is 1. The number of benzene rings is 2. The fourth-order valence-corrected chi connectivity index (χ4v) is 4.61. The molecule has 1 heterocycles. The Morgan fingerprint density at radius 1 is 1.24 bits per heavy atom. The molecule has 7 heteroatoms. The first-order valence-corrected chi connectivity index (χ1v) is 9.77. The first-order valence-electron chi connectivity index (χ1n) is 7.91. The number of nitrogens with zero attached hydrogens (tertiary/aromatic N) is 1. The summed E-state index contributed by atoms with van der Waals surface area (Å²) in [5, 5.41) is 0.552. The van der Waals surface area contributed by atoms with Crippen LogP contribution in [0.3, 0.4) is 0 Å². The standard InChI is InChI=1S/C18H19ClN2O3S/c1-11-8-15(19)4-6-17(11)20-25(23,24)16-5-7-18-14(10-16)9-12(2)21(18)13(3)22/h4-8,10,12,20H,9H2,1-3H3. The van der Waals surface area contributed by atoms with Gasteiger partial charge in [-0.15, -0.1) is 0 Å². The molecule has 1 aliphatic rings. The van der Waals surface area contributed by atoms with Gasteiger partial charge in [-0.3, -0.25) is 9.52 Å². The predicted molar refractivity (Wildman–Crippen MR) is 99.8 cm³/mol. The number of rotatable bonds is 3. The second-order valence-corrected chi connectivity index (χ2v) is 8.42. The van der Waals surface area contributed by atoms with Crippen LogP contribution in [0.1, 0.15) is 25.0 Å². The Morgan fingerprint density at radius 2 is 1.96 bits per heavy atom. The quantitative estimate of drug-likeness (QED) is 0.884. The molecule has 0 spiro atoms. The third-order valence-electron chi connectivity index (χ3n) is 4.35. The Labute approximate surface area is 152 Å². The number of carbonyl (C=O) groups is 1. The molecule has 1 atom stereocenters. The summed E-state index contributed by atoms with van der Waals surface area (Å²) in [6.45, 7) is 5.25. The summed E-state index contributed by atoms with van der Waals surface area (Å²) in [7, 11) is -3.72. The van der Waals surface area contributed by atoms with Crippen molar-refractivity contribution in [3.05, 3.63) is 52.5 Å². The van der Waals surface area contributed by atoms with Crippen LogP contribution >= 0.6 is 11.6 Å². The fraction of sp³-hybridized carbons (Fsp3) is 0.278. The van der Waals surface area contributed by atoms with E-state index in [4.69, 9.17) is 11.6 Å². The summed E-state index contributed by atoms with van der Waals surface area (Å²) >= 11 is 5.91. The Hall–Kier alpha value is -2.05. The van der Waals surface area contributed by atoms with Crippen molar-refractivity contribution in [2.45, 2.75) is 38.1 Å². The van der Waals surface area contributed by atoms with Crippen molar-refractivity contribution in [3.8, 4) is 0 Å². The normalized spacial score (nSPS) is 16.6. The van der Waals surface area contributed by atoms with E-state index >= 15 is 0 Å². The number of sulfonamides is 1. The van der Waals surface area contributed by atoms with Crippen molar-refractivity contribution < 1.29 is 13.2 Å². The molecule has 0 aromatic heterocycles. The summed E-state index contributed by atoms with van der Waals surface area (Å²) in [4.78, 5) is 13.7. The number of anilines is 2. The van der Waals surface area contributed by atoms with Gasteiger partial charge in [0.15, 0.2) is 0 Å². The number of aryl methyl sites for hydroxylation is 1. The van der Waals surface area contributed by atoms with Crippen molar-refractivity contribution in [1.82, 2.24) is 0 Å². The van der Waals surface area contributed by atoms with E-state index in [9.17, 15) is 13.2 Å². The van der Waals surface area contributed by atoms with Gasteiger partial charge in [0.1, 0.15) is 0 Å². The lowest BCUT2D eigenvalue weighted by molar-refractivity contribution is -0.116. The third-order valence-corrected chi connectivity index (χ3v) is 5.95. The Balaban J connectivity index is 1.94. The van der Waals surface area contributed by atoms with E-state index in [1.165, 1.54) is 13.0 Å². The second kappa shape index (κ2) is 6.35. The number of nitrogens with one attached hydrogen (secondary N) is 1. The zero-order chi connectivity index (χ0) is 18.4. The lowest BCUT2D eigenvalue weighted by Crippen LogP contribution is -2.33. The van der Waals surface area contributed by atoms with Crippen molar-refractivity contribution in [2.24, 2.45) is 0 Å². The SMILES string of the molecule is CC(=O)N1c2ccc(S(=O)(=O)Nc3ccc(Cl)cc3C)cc2CC1C. The molecule has 1 aliphatic heterocycles. The maximum atomic E-state index is 12.7. The molecule has 1 unspecified atom stereocenters. The summed E-state index contributed by atoms with van der Waals surface area (Å²) in [5.41, 5.74) is 2.87. The summed E-state index contributed by atoms with van der Waals surface area (Å²) in [6.07, 6.45) is 0.637. The van der Waals surface area contributed by atoms with Gasteiger partial charge in [-0.2, -0.15) is 0 Å². The molecule has 0 bridgehead atoms. The zero-order valence-corrected chi connectivity index (χ0v) is 15.8. The topological polar surface area (TPSA) is 66.5 Å². The summed E-state index contributed by atoms with van der Waals surface area (Å²) in [6, 6.07) is 9.88. The van der Waals surface area contributed by atoms with E-state index in [0.29, 0.717) is 17.1 Å². The molecule has 2 aromatic carbocycles. The van der Waals surface area contributed by atoms with Gasteiger partial charge in [-0.25, -0.2) is 8.42 Å². The first-order chi connectivity index (χ1) is 11.7. The zero-order valence-electron chi connectivity index (χ0n) is 14.2. The first kappa shape index (κ1) is 17.8. The highest BCUT2D eigenvalue weighted by Crippen LogP contribution is 2.34. The largest absolute Gasteiger partial charge is 0.309 e. The number of hydrogen-bond acceptors (Lipinski definition) is 3. The lowest BCUT2D eigenvalue weighted by atomic mass is 10.1. The Morgan fingerprint density at radius 3 is 2.60 bits per heavy atom. The summed E-state index contributed by atoms with van der Waals surface area (Å²) in [5.74, 6) is -0.0447. The molecule has 5 nitrogen and oxygen atoms in total. The molecule has 0 saturated carbocycles. The van der Waals surface area contributed by atoms with Gasteiger partial charge in [-0.1, -0.05) is 11.6 Å². The predicted octanol–water partition coefficient (Wildman–Crippen LogP) is 3.75. The number of halogens is 1. The van der Waals surface area contributed by atoms with Crippen LogP contribution in [0.15, 0.2) is 41.3 Å². The number of amides is 1. The molecule has 132 valence electrons. The van der Waals surface area contributed by atoms with Gasteiger partial charge in [0.05, 0.1) is 10.6 Å². The molecule has 0 saturated heterocycles. The minimum Gasteiger partial charge on any atom is -0.309 e. The highest BCUT2D eigenvalue weighted by molar-refractivity contribution is 7.92. The Kier molecular flexibility index (Phi) is 4.51. The van der Waals surface area contributed by atoms with Gasteiger partial charge >= 0.3 is 0 Å². The number of carbonyl (C=O) groups excluding carboxylic acids is 1. The van der Waals surface area contributed by atoms with Crippen LogP contribution < -0.4 is 9.62 Å². The van der Waals surface area contributed by atoms with Crippen molar-refractivity contribution in [3.63, 3.8) is 0 Å². The molecular weight excluding hydrogens is 360 g/mol. The van der Waals surface area contributed by atoms with E-state index in [1.54, 1.807) is 42.2 Å². The van der Waals surface area contributed by atoms with E-state index in [2.05, 4.69) is 4.72 Å². The highest BCUT2D eigenvalue weighted by Gasteiger charge is 2.30. The molecule has 1 amide bonds. The summed E-state index contributed by atoms with van der Waals surface area (Å²) < 4.78 is 28.0.